The Bertz CT molecular complexity index is 1130. The number of rotatable bonds is 8. The molecule has 30 heavy (non-hydrogen) atoms. The fraction of sp³-hybridized carbons (Fsp3) is 0.348. The average molecular weight is 445 g/mol. The fourth-order valence-corrected chi connectivity index (χ4v) is 5.62. The lowest BCUT2D eigenvalue weighted by atomic mass is 10.2. The van der Waals surface area contributed by atoms with Crippen LogP contribution in [0.4, 0.5) is 5.69 Å². The van der Waals surface area contributed by atoms with Crippen LogP contribution >= 0.6 is 11.3 Å². The van der Waals surface area contributed by atoms with Gasteiger partial charge in [-0.05, 0) is 68.5 Å². The Labute approximate surface area is 182 Å². The molecule has 0 aliphatic rings. The summed E-state index contributed by atoms with van der Waals surface area (Å²) in [7, 11) is -3.67. The van der Waals surface area contributed by atoms with Gasteiger partial charge in [0.05, 0.1) is 15.5 Å². The van der Waals surface area contributed by atoms with Crippen molar-refractivity contribution in [2.75, 3.05) is 10.8 Å². The van der Waals surface area contributed by atoms with Crippen LogP contribution in [0.5, 0.6) is 0 Å². The molecule has 1 aromatic heterocycles. The maximum absolute atomic E-state index is 13.3. The number of amides is 1. The molecule has 0 aliphatic carbocycles. The van der Waals surface area contributed by atoms with E-state index in [1.807, 2.05) is 52.0 Å². The second-order valence-corrected chi connectivity index (χ2v) is 10.5. The number of nitrogens with zero attached hydrogens (tertiary/aromatic N) is 1. The largest absolute Gasteiger partial charge is 0.349 e. The van der Waals surface area contributed by atoms with Gasteiger partial charge in [-0.2, -0.15) is 0 Å². The lowest BCUT2D eigenvalue weighted by Gasteiger charge is -2.24. The standard InChI is InChI=1S/C23H28N2O3S2/c1-5-13-25(30(27,28)20-10-7-16(3)8-11-20)19-9-12-21-18(14-19)15-22(29-21)23(26)24-17(4)6-2/h7-12,14-15,17H,5-6,13H2,1-4H3,(H,24,26)/t17-/m1/s1. The van der Waals surface area contributed by atoms with E-state index in [1.165, 1.54) is 15.6 Å². The van der Waals surface area contributed by atoms with Crippen LogP contribution in [0.15, 0.2) is 53.4 Å². The van der Waals surface area contributed by atoms with Gasteiger partial charge in [-0.15, -0.1) is 11.3 Å². The predicted octanol–water partition coefficient (Wildman–Crippen LogP) is 5.34. The highest BCUT2D eigenvalue weighted by molar-refractivity contribution is 7.92. The summed E-state index contributed by atoms with van der Waals surface area (Å²) >= 11 is 1.42. The normalized spacial score (nSPS) is 12.7. The van der Waals surface area contributed by atoms with E-state index in [1.54, 1.807) is 24.3 Å². The van der Waals surface area contributed by atoms with E-state index in [9.17, 15) is 13.2 Å². The molecular weight excluding hydrogens is 416 g/mol. The summed E-state index contributed by atoms with van der Waals surface area (Å²) in [5.74, 6) is -0.0928. The first kappa shape index (κ1) is 22.3. The monoisotopic (exact) mass is 444 g/mol. The van der Waals surface area contributed by atoms with E-state index in [0.29, 0.717) is 23.5 Å². The Hall–Kier alpha value is -2.38. The molecule has 160 valence electrons. The van der Waals surface area contributed by atoms with Gasteiger partial charge in [-0.1, -0.05) is 31.5 Å². The molecule has 0 bridgehead atoms. The van der Waals surface area contributed by atoms with Crippen molar-refractivity contribution in [3.05, 3.63) is 59.0 Å². The number of sulfonamides is 1. The van der Waals surface area contributed by atoms with E-state index in [0.717, 1.165) is 22.1 Å². The molecule has 3 rings (SSSR count). The van der Waals surface area contributed by atoms with Crippen LogP contribution in [0.25, 0.3) is 10.1 Å². The zero-order chi connectivity index (χ0) is 21.9. The number of hydrogen-bond donors (Lipinski definition) is 1. The van der Waals surface area contributed by atoms with Crippen LogP contribution in [0.2, 0.25) is 0 Å². The number of fused-ring (bicyclic) bond motifs is 1. The zero-order valence-corrected chi connectivity index (χ0v) is 19.4. The molecule has 0 aliphatic heterocycles. The maximum Gasteiger partial charge on any atom is 0.264 e. The lowest BCUT2D eigenvalue weighted by molar-refractivity contribution is 0.0943. The molecular formula is C23H28N2O3S2. The molecule has 0 unspecified atom stereocenters. The van der Waals surface area contributed by atoms with Gasteiger partial charge in [0.1, 0.15) is 0 Å². The molecule has 2 aromatic carbocycles. The van der Waals surface area contributed by atoms with E-state index in [-0.39, 0.29) is 16.8 Å². The predicted molar refractivity (Wildman–Crippen MR) is 125 cm³/mol. The highest BCUT2D eigenvalue weighted by Gasteiger charge is 2.25. The van der Waals surface area contributed by atoms with Gasteiger partial charge < -0.3 is 5.32 Å². The molecule has 3 aromatic rings. The summed E-state index contributed by atoms with van der Waals surface area (Å²) in [6.07, 6.45) is 1.55. The van der Waals surface area contributed by atoms with E-state index >= 15 is 0 Å². The highest BCUT2D eigenvalue weighted by Crippen LogP contribution is 2.32. The minimum Gasteiger partial charge on any atom is -0.349 e. The second kappa shape index (κ2) is 9.18. The minimum atomic E-state index is -3.67. The third-order valence-corrected chi connectivity index (χ3v) is 7.99. The number of nitrogens with one attached hydrogen (secondary N) is 1. The topological polar surface area (TPSA) is 66.5 Å². The highest BCUT2D eigenvalue weighted by atomic mass is 32.2. The Morgan fingerprint density at radius 2 is 1.80 bits per heavy atom. The summed E-state index contributed by atoms with van der Waals surface area (Å²) < 4.78 is 29.0. The van der Waals surface area contributed by atoms with Gasteiger partial charge in [0.15, 0.2) is 0 Å². The quantitative estimate of drug-likeness (QED) is 0.510. The van der Waals surface area contributed by atoms with Gasteiger partial charge in [0, 0.05) is 17.3 Å². The van der Waals surface area contributed by atoms with Crippen molar-refractivity contribution in [1.29, 1.82) is 0 Å². The van der Waals surface area contributed by atoms with Crippen LogP contribution in [-0.4, -0.2) is 26.9 Å². The number of carbonyl (C=O) groups excluding carboxylic acids is 1. The van der Waals surface area contributed by atoms with E-state index in [2.05, 4.69) is 5.32 Å². The van der Waals surface area contributed by atoms with Crippen LogP contribution in [0.1, 0.15) is 48.8 Å². The van der Waals surface area contributed by atoms with Crippen molar-refractivity contribution in [2.45, 2.75) is 51.5 Å². The molecule has 0 saturated heterocycles. The SMILES string of the molecule is CCCN(c1ccc2sc(C(=O)N[C@H](C)CC)cc2c1)S(=O)(=O)c1ccc(C)cc1. The van der Waals surface area contributed by atoms with E-state index in [4.69, 9.17) is 0 Å². The molecule has 1 amide bonds. The summed E-state index contributed by atoms with van der Waals surface area (Å²) in [6.45, 7) is 8.27. The summed E-state index contributed by atoms with van der Waals surface area (Å²) in [5.41, 5.74) is 1.62. The molecule has 1 atom stereocenters. The summed E-state index contributed by atoms with van der Waals surface area (Å²) in [6, 6.07) is 14.4. The Morgan fingerprint density at radius 1 is 1.10 bits per heavy atom. The van der Waals surface area contributed by atoms with Crippen LogP contribution in [-0.2, 0) is 10.0 Å². The van der Waals surface area contributed by atoms with Gasteiger partial charge >= 0.3 is 0 Å². The van der Waals surface area contributed by atoms with Crippen molar-refractivity contribution in [2.24, 2.45) is 0 Å². The van der Waals surface area contributed by atoms with Crippen molar-refractivity contribution in [3.8, 4) is 0 Å². The second-order valence-electron chi connectivity index (χ2n) is 7.51. The molecule has 0 fully saturated rings. The van der Waals surface area contributed by atoms with Gasteiger partial charge in [0.2, 0.25) is 0 Å². The molecule has 0 spiro atoms. The minimum absolute atomic E-state index is 0.0928. The molecule has 1 heterocycles. The summed E-state index contributed by atoms with van der Waals surface area (Å²) in [4.78, 5) is 13.4. The number of aryl methyl sites for hydroxylation is 1. The molecule has 0 radical (unpaired) electrons. The number of anilines is 1. The number of carbonyl (C=O) groups is 1. The third kappa shape index (κ3) is 4.68. The molecule has 5 nitrogen and oxygen atoms in total. The van der Waals surface area contributed by atoms with Crippen LogP contribution < -0.4 is 9.62 Å². The van der Waals surface area contributed by atoms with Crippen molar-refractivity contribution < 1.29 is 13.2 Å². The molecule has 0 saturated carbocycles. The Morgan fingerprint density at radius 3 is 2.43 bits per heavy atom. The Balaban J connectivity index is 1.98. The average Bonchev–Trinajstić information content (AvgIpc) is 3.15. The molecule has 1 N–H and O–H groups in total. The summed E-state index contributed by atoms with van der Waals surface area (Å²) in [5, 5.41) is 3.85. The van der Waals surface area contributed by atoms with Crippen molar-refractivity contribution in [1.82, 2.24) is 5.32 Å². The first-order chi connectivity index (χ1) is 14.3. The van der Waals surface area contributed by atoms with Crippen LogP contribution in [0, 0.1) is 6.92 Å². The van der Waals surface area contributed by atoms with Crippen LogP contribution in [0.3, 0.4) is 0 Å². The number of hydrogen-bond acceptors (Lipinski definition) is 4. The van der Waals surface area contributed by atoms with Crippen molar-refractivity contribution >= 4 is 43.0 Å². The third-order valence-electron chi connectivity index (χ3n) is 5.04. The smallest absolute Gasteiger partial charge is 0.264 e. The van der Waals surface area contributed by atoms with Gasteiger partial charge in [-0.3, -0.25) is 9.10 Å². The number of thiophene rings is 1. The number of benzene rings is 2. The van der Waals surface area contributed by atoms with Crippen molar-refractivity contribution in [3.63, 3.8) is 0 Å². The first-order valence-corrected chi connectivity index (χ1v) is 12.5. The van der Waals surface area contributed by atoms with Gasteiger partial charge in [-0.25, -0.2) is 8.42 Å². The zero-order valence-electron chi connectivity index (χ0n) is 17.8. The van der Waals surface area contributed by atoms with Gasteiger partial charge in [0.25, 0.3) is 15.9 Å². The maximum atomic E-state index is 13.3. The molecule has 7 heteroatoms. The fourth-order valence-electron chi connectivity index (χ4n) is 3.12. The van der Waals surface area contributed by atoms with E-state index < -0.39 is 10.0 Å². The Kier molecular flexibility index (Phi) is 6.83. The lowest BCUT2D eigenvalue weighted by Crippen LogP contribution is -2.31. The first-order valence-electron chi connectivity index (χ1n) is 10.2.